The van der Waals surface area contributed by atoms with Crippen molar-refractivity contribution in [2.75, 3.05) is 0 Å². The first-order valence-electron chi connectivity index (χ1n) is 11.2. The van der Waals surface area contributed by atoms with Crippen LogP contribution < -0.4 is 10.9 Å². The van der Waals surface area contributed by atoms with E-state index in [1.807, 2.05) is 0 Å². The van der Waals surface area contributed by atoms with Crippen molar-refractivity contribution in [1.29, 1.82) is 0 Å². The maximum Gasteiger partial charge on any atom is 0.416 e. The first-order chi connectivity index (χ1) is 16.5. The maximum atomic E-state index is 13.5. The van der Waals surface area contributed by atoms with Crippen molar-refractivity contribution in [3.8, 4) is 0 Å². The number of halogens is 3. The number of nitrogens with zero attached hydrogens (tertiary/aromatic N) is 2. The van der Waals surface area contributed by atoms with Gasteiger partial charge < -0.3 is 5.32 Å². The Morgan fingerprint density at radius 3 is 2.54 bits per heavy atom. The molecule has 0 bridgehead atoms. The number of fused-ring (bicyclic) bond motifs is 1. The van der Waals surface area contributed by atoms with Crippen LogP contribution in [-0.4, -0.2) is 21.2 Å². The molecule has 1 N–H and O–H groups in total. The van der Waals surface area contributed by atoms with E-state index in [1.165, 1.54) is 16.7 Å². The normalized spacial score (nSPS) is 16.5. The number of carbonyl (C=O) groups is 2. The van der Waals surface area contributed by atoms with Crippen LogP contribution in [0.2, 0.25) is 0 Å². The topological polar surface area (TPSA) is 81.1 Å². The molecule has 0 spiro atoms. The molecule has 1 aliphatic carbocycles. The Kier molecular flexibility index (Phi) is 6.60. The van der Waals surface area contributed by atoms with Crippen molar-refractivity contribution in [3.05, 3.63) is 87.5 Å². The summed E-state index contributed by atoms with van der Waals surface area (Å²) >= 11 is 0. The van der Waals surface area contributed by atoms with Crippen LogP contribution in [0.1, 0.15) is 47.8 Å². The molecule has 0 saturated heterocycles. The molecule has 1 atom stereocenters. The quantitative estimate of drug-likeness (QED) is 0.545. The summed E-state index contributed by atoms with van der Waals surface area (Å²) in [6.07, 6.45) is -3.18. The van der Waals surface area contributed by atoms with Gasteiger partial charge in [-0.1, -0.05) is 36.4 Å². The van der Waals surface area contributed by atoms with E-state index in [1.54, 1.807) is 25.1 Å². The van der Waals surface area contributed by atoms with Gasteiger partial charge in [-0.2, -0.15) is 13.2 Å². The molecule has 35 heavy (non-hydrogen) atoms. The number of amides is 1. The van der Waals surface area contributed by atoms with Crippen molar-refractivity contribution >= 4 is 22.6 Å². The van der Waals surface area contributed by atoms with Crippen LogP contribution in [0.25, 0.3) is 10.9 Å². The number of carbonyl (C=O) groups excluding carboxylic acids is 2. The number of aromatic nitrogens is 2. The molecule has 1 aromatic heterocycles. The maximum absolute atomic E-state index is 13.5. The van der Waals surface area contributed by atoms with E-state index in [9.17, 15) is 27.6 Å². The average Bonchev–Trinajstić information content (AvgIpc) is 2.78. The molecular weight excluding hydrogens is 459 g/mol. The van der Waals surface area contributed by atoms with Crippen LogP contribution in [0.3, 0.4) is 0 Å². The van der Waals surface area contributed by atoms with Crippen molar-refractivity contribution in [2.45, 2.75) is 51.4 Å². The third kappa shape index (κ3) is 5.18. The van der Waals surface area contributed by atoms with Crippen LogP contribution in [0.15, 0.2) is 59.4 Å². The van der Waals surface area contributed by atoms with E-state index in [2.05, 4.69) is 16.9 Å². The first-order valence-corrected chi connectivity index (χ1v) is 11.2. The molecule has 1 heterocycles. The molecule has 1 unspecified atom stereocenters. The fourth-order valence-corrected chi connectivity index (χ4v) is 4.42. The van der Waals surface area contributed by atoms with Gasteiger partial charge in [-0.05, 0) is 49.1 Å². The minimum absolute atomic E-state index is 0.0339. The number of Topliss-reactive ketones (excluding diaryl/α,β-unsaturated/α-hetero) is 1. The van der Waals surface area contributed by atoms with Crippen molar-refractivity contribution in [2.24, 2.45) is 0 Å². The lowest BCUT2D eigenvalue weighted by molar-refractivity contribution is -0.137. The van der Waals surface area contributed by atoms with Crippen molar-refractivity contribution in [3.63, 3.8) is 0 Å². The van der Waals surface area contributed by atoms with Gasteiger partial charge in [-0.25, -0.2) is 4.98 Å². The Balaban J connectivity index is 1.56. The molecule has 1 aliphatic rings. The Labute approximate surface area is 199 Å². The van der Waals surface area contributed by atoms with Crippen LogP contribution >= 0.6 is 0 Å². The summed E-state index contributed by atoms with van der Waals surface area (Å²) in [5, 5.41) is 3.05. The fourth-order valence-electron chi connectivity index (χ4n) is 4.42. The average molecular weight is 483 g/mol. The van der Waals surface area contributed by atoms with Gasteiger partial charge in [-0.15, -0.1) is 0 Å². The Morgan fingerprint density at radius 1 is 1.17 bits per heavy atom. The number of alkyl halides is 3. The van der Waals surface area contributed by atoms with Gasteiger partial charge in [0.25, 0.3) is 5.56 Å². The molecular formula is C26H24F3N3O3. The zero-order valence-corrected chi connectivity index (χ0v) is 19.1. The number of rotatable bonds is 5. The monoisotopic (exact) mass is 483 g/mol. The molecule has 2 aromatic carbocycles. The molecule has 1 amide bonds. The van der Waals surface area contributed by atoms with Gasteiger partial charge in [0.1, 0.15) is 5.82 Å². The highest BCUT2D eigenvalue weighted by Gasteiger charge is 2.30. The summed E-state index contributed by atoms with van der Waals surface area (Å²) in [6, 6.07) is 8.93. The summed E-state index contributed by atoms with van der Waals surface area (Å²) in [7, 11) is 0. The summed E-state index contributed by atoms with van der Waals surface area (Å²) < 4.78 is 39.6. The first kappa shape index (κ1) is 24.4. The van der Waals surface area contributed by atoms with Crippen LogP contribution in [0.4, 0.5) is 13.2 Å². The zero-order chi connectivity index (χ0) is 25.3. The largest absolute Gasteiger partial charge is 0.416 e. The van der Waals surface area contributed by atoms with E-state index >= 15 is 0 Å². The van der Waals surface area contributed by atoms with Gasteiger partial charge in [-0.3, -0.25) is 19.0 Å². The highest BCUT2D eigenvalue weighted by atomic mass is 19.4. The lowest BCUT2D eigenvalue weighted by atomic mass is 9.90. The summed E-state index contributed by atoms with van der Waals surface area (Å²) in [5.74, 6) is -0.0325. The van der Waals surface area contributed by atoms with E-state index in [0.717, 1.165) is 17.7 Å². The number of hydrogen-bond donors (Lipinski definition) is 1. The number of allylic oxidation sites excluding steroid dienone is 1. The number of aryl methyl sites for hydroxylation is 1. The van der Waals surface area contributed by atoms with Crippen LogP contribution in [0, 0.1) is 6.92 Å². The number of hydrogen-bond acceptors (Lipinski definition) is 4. The van der Waals surface area contributed by atoms with E-state index in [4.69, 9.17) is 0 Å². The second-order valence-electron chi connectivity index (χ2n) is 8.74. The molecule has 1 fully saturated rings. The van der Waals surface area contributed by atoms with Gasteiger partial charge >= 0.3 is 6.18 Å². The zero-order valence-electron chi connectivity index (χ0n) is 19.1. The molecule has 1 saturated carbocycles. The predicted octanol–water partition coefficient (Wildman–Crippen LogP) is 4.43. The third-order valence-corrected chi connectivity index (χ3v) is 6.19. The van der Waals surface area contributed by atoms with E-state index < -0.39 is 23.7 Å². The summed E-state index contributed by atoms with van der Waals surface area (Å²) in [6.45, 7) is 5.60. The second kappa shape index (κ2) is 9.48. The standard InChI is InChI=1S/C26H24F3N3O3/c1-15-6-11-21(22(33)12-15)32-16(2)31-20-5-3-4-18(24(20)25(32)35)14-30-23(34)13-17-7-9-19(10-8-17)26(27,28)29/h3-5,7-10,21H,1,6,11-14H2,2H3,(H,30,34). The Bertz CT molecular complexity index is 1370. The van der Waals surface area contributed by atoms with Crippen LogP contribution in [-0.2, 0) is 28.7 Å². The number of benzene rings is 2. The third-order valence-electron chi connectivity index (χ3n) is 6.19. The Hall–Kier alpha value is -3.75. The number of ketones is 1. The second-order valence-corrected chi connectivity index (χ2v) is 8.74. The molecule has 182 valence electrons. The van der Waals surface area contributed by atoms with Gasteiger partial charge in [0.15, 0.2) is 5.78 Å². The van der Waals surface area contributed by atoms with Crippen molar-refractivity contribution < 1.29 is 22.8 Å². The van der Waals surface area contributed by atoms with Crippen LogP contribution in [0.5, 0.6) is 0 Å². The summed E-state index contributed by atoms with van der Waals surface area (Å²) in [4.78, 5) is 43.1. The highest BCUT2D eigenvalue weighted by Crippen LogP contribution is 2.30. The molecule has 6 nitrogen and oxygen atoms in total. The lowest BCUT2D eigenvalue weighted by Crippen LogP contribution is -2.35. The smallest absolute Gasteiger partial charge is 0.352 e. The molecule has 0 aliphatic heterocycles. The minimum Gasteiger partial charge on any atom is -0.352 e. The van der Waals surface area contributed by atoms with Crippen molar-refractivity contribution in [1.82, 2.24) is 14.9 Å². The molecule has 4 rings (SSSR count). The Morgan fingerprint density at radius 2 is 1.89 bits per heavy atom. The van der Waals surface area contributed by atoms with Gasteiger partial charge in [0.05, 0.1) is 28.9 Å². The van der Waals surface area contributed by atoms with Gasteiger partial charge in [0, 0.05) is 13.0 Å². The van der Waals surface area contributed by atoms with Gasteiger partial charge in [0.2, 0.25) is 5.91 Å². The van der Waals surface area contributed by atoms with E-state index in [-0.39, 0.29) is 30.7 Å². The molecule has 9 heteroatoms. The van der Waals surface area contributed by atoms with E-state index in [0.29, 0.717) is 40.7 Å². The molecule has 3 aromatic rings. The highest BCUT2D eigenvalue weighted by molar-refractivity contribution is 5.87. The fraction of sp³-hybridized carbons (Fsp3) is 0.308. The predicted molar refractivity (Wildman–Crippen MR) is 125 cm³/mol. The summed E-state index contributed by atoms with van der Waals surface area (Å²) in [5.41, 5.74) is 1.17. The number of nitrogens with one attached hydrogen (secondary N) is 1. The lowest BCUT2D eigenvalue weighted by Gasteiger charge is -2.26. The molecule has 0 radical (unpaired) electrons. The SMILES string of the molecule is C=C1CCC(n2c(C)nc3cccc(CNC(=O)Cc4ccc(C(F)(F)F)cc4)c3c2=O)C(=O)C1. The minimum atomic E-state index is -4.44.